The monoisotopic (exact) mass is 440 g/mol. The fraction of sp³-hybridized carbons (Fsp3) is 0.0800. The number of amides is 2. The van der Waals surface area contributed by atoms with Gasteiger partial charge in [0.1, 0.15) is 23.0 Å². The van der Waals surface area contributed by atoms with E-state index in [0.29, 0.717) is 51.0 Å². The van der Waals surface area contributed by atoms with E-state index in [0.717, 1.165) is 0 Å². The maximum atomic E-state index is 12.2. The Hall–Kier alpha value is -4.77. The van der Waals surface area contributed by atoms with Crippen LogP contribution in [-0.4, -0.2) is 25.2 Å². The lowest BCUT2D eigenvalue weighted by Gasteiger charge is -2.12. The number of benzene rings is 3. The number of nitrogens with zero attached hydrogens (tertiary/aromatic N) is 2. The Morgan fingerprint density at radius 2 is 1.48 bits per heavy atom. The van der Waals surface area contributed by atoms with Gasteiger partial charge >= 0.3 is 6.03 Å². The second kappa shape index (κ2) is 9.58. The summed E-state index contributed by atoms with van der Waals surface area (Å²) < 4.78 is 16.4. The predicted octanol–water partition coefficient (Wildman–Crippen LogP) is 6.24. The second-order valence-electron chi connectivity index (χ2n) is 6.90. The minimum atomic E-state index is -0.366. The molecule has 0 unspecified atom stereocenters. The van der Waals surface area contributed by atoms with E-state index in [9.17, 15) is 4.79 Å². The van der Waals surface area contributed by atoms with Crippen LogP contribution in [0.2, 0.25) is 0 Å². The number of anilines is 2. The summed E-state index contributed by atoms with van der Waals surface area (Å²) in [4.78, 5) is 20.1. The zero-order valence-corrected chi connectivity index (χ0v) is 18.0. The first kappa shape index (κ1) is 21.5. The van der Waals surface area contributed by atoms with Crippen LogP contribution in [-0.2, 0) is 0 Å². The van der Waals surface area contributed by atoms with Crippen molar-refractivity contribution in [3.63, 3.8) is 0 Å². The van der Waals surface area contributed by atoms with E-state index < -0.39 is 0 Å². The molecule has 0 atom stereocenters. The van der Waals surface area contributed by atoms with Gasteiger partial charge in [0.15, 0.2) is 0 Å². The molecule has 2 amide bonds. The van der Waals surface area contributed by atoms with Gasteiger partial charge in [-0.05, 0) is 66.7 Å². The van der Waals surface area contributed by atoms with Crippen molar-refractivity contribution in [2.45, 2.75) is 0 Å². The Morgan fingerprint density at radius 3 is 2.06 bits per heavy atom. The van der Waals surface area contributed by atoms with Crippen molar-refractivity contribution in [3.05, 3.63) is 84.3 Å². The quantitative estimate of drug-likeness (QED) is 0.347. The number of methoxy groups -OCH3 is 2. The highest BCUT2D eigenvalue weighted by Crippen LogP contribution is 2.37. The fourth-order valence-electron chi connectivity index (χ4n) is 3.18. The maximum Gasteiger partial charge on any atom is 0.323 e. The van der Waals surface area contributed by atoms with Crippen LogP contribution in [0.15, 0.2) is 72.9 Å². The minimum Gasteiger partial charge on any atom is -0.508 e. The van der Waals surface area contributed by atoms with Gasteiger partial charge in [0.2, 0.25) is 5.69 Å². The van der Waals surface area contributed by atoms with Crippen LogP contribution >= 0.6 is 0 Å². The van der Waals surface area contributed by atoms with Gasteiger partial charge in [-0.1, -0.05) is 0 Å². The molecule has 33 heavy (non-hydrogen) atoms. The highest BCUT2D eigenvalue weighted by molar-refractivity contribution is 5.99. The molecule has 2 N–H and O–H groups in total. The normalized spacial score (nSPS) is 10.2. The Morgan fingerprint density at radius 1 is 0.848 bits per heavy atom. The molecule has 0 radical (unpaired) electrons. The molecule has 4 rings (SSSR count). The Kier molecular flexibility index (Phi) is 6.23. The van der Waals surface area contributed by atoms with Crippen molar-refractivity contribution in [1.82, 2.24) is 4.98 Å². The maximum absolute atomic E-state index is 12.2. The third kappa shape index (κ3) is 4.94. The van der Waals surface area contributed by atoms with Crippen LogP contribution in [0.1, 0.15) is 0 Å². The smallest absolute Gasteiger partial charge is 0.323 e. The van der Waals surface area contributed by atoms with Gasteiger partial charge in [0.05, 0.1) is 26.3 Å². The summed E-state index contributed by atoms with van der Waals surface area (Å²) in [7, 11) is 3.10. The molecule has 0 aliphatic heterocycles. The molecule has 4 aromatic rings. The third-order valence-corrected chi connectivity index (χ3v) is 4.81. The van der Waals surface area contributed by atoms with Crippen LogP contribution in [0.5, 0.6) is 23.0 Å². The molecule has 0 aliphatic rings. The van der Waals surface area contributed by atoms with Crippen molar-refractivity contribution < 1.29 is 19.0 Å². The first-order chi connectivity index (χ1) is 16.1. The molecular formula is C25H20N4O4. The molecule has 0 aliphatic carbocycles. The number of rotatable bonds is 6. The summed E-state index contributed by atoms with van der Waals surface area (Å²) in [5, 5.41) is 6.23. The molecule has 1 aromatic heterocycles. The van der Waals surface area contributed by atoms with Crippen molar-refractivity contribution in [2.24, 2.45) is 0 Å². The zero-order chi connectivity index (χ0) is 23.2. The van der Waals surface area contributed by atoms with E-state index in [2.05, 4.69) is 20.5 Å². The largest absolute Gasteiger partial charge is 0.508 e. The summed E-state index contributed by atoms with van der Waals surface area (Å²) in [6, 6.07) is 18.8. The third-order valence-electron chi connectivity index (χ3n) is 4.81. The molecule has 0 spiro atoms. The number of hydrogen-bond acceptors (Lipinski definition) is 5. The SMILES string of the molecule is [C-]#[N+]c1cc2c(Oc3ccc(NC(=O)Nc4ccc(OC)cc4)cc3)ccnc2cc1OC. The van der Waals surface area contributed by atoms with Crippen LogP contribution in [0, 0.1) is 6.57 Å². The Bertz CT molecular complexity index is 1330. The number of urea groups is 1. The second-order valence-corrected chi connectivity index (χ2v) is 6.90. The molecule has 0 bridgehead atoms. The summed E-state index contributed by atoms with van der Waals surface area (Å²) >= 11 is 0. The molecule has 8 heteroatoms. The average Bonchev–Trinajstić information content (AvgIpc) is 2.85. The van der Waals surface area contributed by atoms with Gasteiger partial charge < -0.3 is 24.8 Å². The van der Waals surface area contributed by atoms with E-state index in [1.54, 1.807) is 80.0 Å². The molecule has 8 nitrogen and oxygen atoms in total. The number of carbonyl (C=O) groups excluding carboxylic acids is 1. The number of nitrogens with one attached hydrogen (secondary N) is 2. The van der Waals surface area contributed by atoms with Gasteiger partial charge in [0.25, 0.3) is 0 Å². The first-order valence-corrected chi connectivity index (χ1v) is 9.94. The molecule has 0 saturated carbocycles. The van der Waals surface area contributed by atoms with Crippen LogP contribution in [0.4, 0.5) is 21.9 Å². The van der Waals surface area contributed by atoms with Crippen molar-refractivity contribution in [2.75, 3.05) is 24.9 Å². The van der Waals surface area contributed by atoms with E-state index in [4.69, 9.17) is 20.8 Å². The zero-order valence-electron chi connectivity index (χ0n) is 18.0. The van der Waals surface area contributed by atoms with Crippen LogP contribution in [0.3, 0.4) is 0 Å². The van der Waals surface area contributed by atoms with Gasteiger partial charge in [-0.3, -0.25) is 4.98 Å². The molecular weight excluding hydrogens is 420 g/mol. The van der Waals surface area contributed by atoms with E-state index in [1.165, 1.54) is 7.11 Å². The number of hydrogen-bond donors (Lipinski definition) is 2. The summed E-state index contributed by atoms with van der Waals surface area (Å²) in [6.45, 7) is 7.36. The van der Waals surface area contributed by atoms with E-state index in [1.807, 2.05) is 0 Å². The lowest BCUT2D eigenvalue weighted by atomic mass is 10.1. The Balaban J connectivity index is 1.46. The first-order valence-electron chi connectivity index (χ1n) is 9.94. The Labute approximate surface area is 190 Å². The fourth-order valence-corrected chi connectivity index (χ4v) is 3.18. The van der Waals surface area contributed by atoms with Gasteiger partial charge in [0, 0.05) is 23.0 Å². The van der Waals surface area contributed by atoms with Crippen molar-refractivity contribution in [3.8, 4) is 23.0 Å². The number of pyridine rings is 1. The van der Waals surface area contributed by atoms with Gasteiger partial charge in [-0.15, -0.1) is 0 Å². The molecule has 1 heterocycles. The van der Waals surface area contributed by atoms with Crippen LogP contribution < -0.4 is 24.8 Å². The van der Waals surface area contributed by atoms with E-state index >= 15 is 0 Å². The molecule has 3 aromatic carbocycles. The van der Waals surface area contributed by atoms with Gasteiger partial charge in [-0.2, -0.15) is 0 Å². The number of carbonyl (C=O) groups is 1. The highest BCUT2D eigenvalue weighted by Gasteiger charge is 2.11. The molecule has 164 valence electrons. The predicted molar refractivity (Wildman–Crippen MR) is 127 cm³/mol. The van der Waals surface area contributed by atoms with Crippen LogP contribution in [0.25, 0.3) is 15.7 Å². The standard InChI is InChI=1S/C25H20N4O4/c1-26-22-14-20-21(15-24(22)32-3)27-13-12-23(20)33-19-10-6-17(7-11-19)29-25(30)28-16-4-8-18(31-2)9-5-16/h4-15H,2-3H3,(H2,28,29,30). The lowest BCUT2D eigenvalue weighted by molar-refractivity contribution is 0.262. The van der Waals surface area contributed by atoms with E-state index in [-0.39, 0.29) is 6.03 Å². The topological polar surface area (TPSA) is 86.1 Å². The number of aromatic nitrogens is 1. The summed E-state index contributed by atoms with van der Waals surface area (Å²) in [5.41, 5.74) is 2.29. The van der Waals surface area contributed by atoms with Gasteiger partial charge in [-0.25, -0.2) is 9.64 Å². The minimum absolute atomic E-state index is 0.366. The van der Waals surface area contributed by atoms with Crippen molar-refractivity contribution in [1.29, 1.82) is 0 Å². The summed E-state index contributed by atoms with van der Waals surface area (Å²) in [5.74, 6) is 2.31. The summed E-state index contributed by atoms with van der Waals surface area (Å²) in [6.07, 6.45) is 1.63. The molecule has 0 saturated heterocycles. The number of fused-ring (bicyclic) bond motifs is 1. The average molecular weight is 440 g/mol. The highest BCUT2D eigenvalue weighted by atomic mass is 16.5. The lowest BCUT2D eigenvalue weighted by Crippen LogP contribution is -2.19. The number of ether oxygens (including phenoxy) is 3. The molecule has 0 fully saturated rings. The van der Waals surface area contributed by atoms with Crippen molar-refractivity contribution >= 4 is 34.0 Å².